The van der Waals surface area contributed by atoms with Gasteiger partial charge in [-0.3, -0.25) is 9.69 Å². The zero-order valence-electron chi connectivity index (χ0n) is 18.1. The number of aryl methyl sites for hydroxylation is 2. The molecule has 0 bridgehead atoms. The van der Waals surface area contributed by atoms with Crippen LogP contribution in [0.2, 0.25) is 5.02 Å². The van der Waals surface area contributed by atoms with E-state index in [1.54, 1.807) is 0 Å². The topological polar surface area (TPSA) is 70.1 Å². The molecule has 1 aliphatic heterocycles. The maximum absolute atomic E-state index is 13.4. The Morgan fingerprint density at radius 2 is 1.88 bits per heavy atom. The summed E-state index contributed by atoms with van der Waals surface area (Å²) in [6.45, 7) is 3.85. The van der Waals surface area contributed by atoms with Crippen LogP contribution in [0.15, 0.2) is 59.1 Å². The molecule has 0 aromatic heterocycles. The number of nitrogens with zero attached hydrogens (tertiary/aromatic N) is 2. The minimum Gasteiger partial charge on any atom is -0.384 e. The van der Waals surface area contributed by atoms with Crippen molar-refractivity contribution in [2.45, 2.75) is 45.2 Å². The summed E-state index contributed by atoms with van der Waals surface area (Å²) in [7, 11) is 0. The molecule has 1 aliphatic carbocycles. The minimum absolute atomic E-state index is 0.00183. The number of halogens is 4. The van der Waals surface area contributed by atoms with Crippen LogP contribution in [0.25, 0.3) is 0 Å². The molecule has 1 unspecified atom stereocenters. The lowest BCUT2D eigenvalue weighted by Crippen LogP contribution is -2.39. The molecule has 1 heterocycles. The number of carbonyl (C=O) groups is 1. The van der Waals surface area contributed by atoms with E-state index in [0.717, 1.165) is 34.9 Å². The van der Waals surface area contributed by atoms with Gasteiger partial charge in [0.2, 0.25) is 0 Å². The lowest BCUT2D eigenvalue weighted by atomic mass is 9.74. The van der Waals surface area contributed by atoms with Crippen LogP contribution in [0, 0.1) is 25.2 Å². The van der Waals surface area contributed by atoms with Crippen LogP contribution in [0.3, 0.4) is 0 Å². The number of carbonyl (C=O) groups excluding carboxylic acids is 1. The van der Waals surface area contributed by atoms with Crippen molar-refractivity contribution in [2.75, 3.05) is 4.90 Å². The molecule has 33 heavy (non-hydrogen) atoms. The molecule has 8 heteroatoms. The highest BCUT2D eigenvalue weighted by molar-refractivity contribution is 6.33. The second-order valence-electron chi connectivity index (χ2n) is 8.34. The summed E-state index contributed by atoms with van der Waals surface area (Å²) in [5, 5.41) is 10.1. The van der Waals surface area contributed by atoms with Crippen LogP contribution >= 0.6 is 11.6 Å². The van der Waals surface area contributed by atoms with Gasteiger partial charge in [-0.1, -0.05) is 35.4 Å². The van der Waals surface area contributed by atoms with Gasteiger partial charge in [-0.2, -0.15) is 18.4 Å². The van der Waals surface area contributed by atoms with Gasteiger partial charge in [0.15, 0.2) is 5.78 Å². The van der Waals surface area contributed by atoms with Crippen molar-refractivity contribution >= 4 is 23.1 Å². The number of benzene rings is 2. The number of nitrogens with two attached hydrogens (primary N) is 1. The Hall–Kier alpha value is -3.24. The van der Waals surface area contributed by atoms with E-state index in [2.05, 4.69) is 6.07 Å². The predicted octanol–water partition coefficient (Wildman–Crippen LogP) is 6.28. The Morgan fingerprint density at radius 1 is 1.15 bits per heavy atom. The van der Waals surface area contributed by atoms with Gasteiger partial charge in [-0.05, 0) is 56.0 Å². The number of Topliss-reactive ketones (excluding diaryl/α,β-unsaturated/α-hetero) is 1. The molecule has 0 fully saturated rings. The van der Waals surface area contributed by atoms with E-state index >= 15 is 0 Å². The number of hydrogen-bond donors (Lipinski definition) is 1. The first-order valence-electron chi connectivity index (χ1n) is 10.4. The SMILES string of the molecule is Cc1ccc(C2C(C#N)=C(N)N(c3cc(C(F)(F)F)ccc3Cl)C3=C2C(=O)CCC3)c(C)c1. The maximum atomic E-state index is 13.4. The summed E-state index contributed by atoms with van der Waals surface area (Å²) in [5.41, 5.74) is 9.27. The summed E-state index contributed by atoms with van der Waals surface area (Å²) < 4.78 is 40.3. The number of hydrogen-bond acceptors (Lipinski definition) is 4. The molecule has 0 radical (unpaired) electrons. The first-order valence-corrected chi connectivity index (χ1v) is 10.8. The summed E-state index contributed by atoms with van der Waals surface area (Å²) in [4.78, 5) is 14.5. The molecule has 0 amide bonds. The van der Waals surface area contributed by atoms with E-state index in [-0.39, 0.29) is 27.9 Å². The molecule has 4 rings (SSSR count). The Bertz CT molecular complexity index is 1270. The number of allylic oxidation sites excluding steroid dienone is 3. The van der Waals surface area contributed by atoms with Gasteiger partial charge in [-0.25, -0.2) is 0 Å². The number of nitriles is 1. The Balaban J connectivity index is 2.01. The monoisotopic (exact) mass is 471 g/mol. The van der Waals surface area contributed by atoms with Crippen molar-refractivity contribution in [2.24, 2.45) is 5.73 Å². The third-order valence-corrected chi connectivity index (χ3v) is 6.48. The number of ketones is 1. The highest BCUT2D eigenvalue weighted by Gasteiger charge is 2.42. The zero-order valence-corrected chi connectivity index (χ0v) is 18.8. The second kappa shape index (κ2) is 8.27. The lowest BCUT2D eigenvalue weighted by molar-refractivity contribution is -0.137. The standard InChI is InChI=1S/C25H21ClF3N3O/c1-13-6-8-16(14(2)10-13)22-17(12-30)24(31)32(19-4-3-5-21(33)23(19)22)20-11-15(25(27,28)29)7-9-18(20)26/h6-11,22H,3-5,31H2,1-2H3. The van der Waals surface area contributed by atoms with Crippen molar-refractivity contribution < 1.29 is 18.0 Å². The second-order valence-corrected chi connectivity index (χ2v) is 8.75. The molecule has 170 valence electrons. The first-order chi connectivity index (χ1) is 15.5. The highest BCUT2D eigenvalue weighted by Crippen LogP contribution is 2.48. The Kier molecular flexibility index (Phi) is 5.75. The van der Waals surface area contributed by atoms with Crippen LogP contribution in [-0.4, -0.2) is 5.78 Å². The predicted molar refractivity (Wildman–Crippen MR) is 120 cm³/mol. The van der Waals surface area contributed by atoms with E-state index in [1.807, 2.05) is 32.0 Å². The Morgan fingerprint density at radius 3 is 2.52 bits per heavy atom. The minimum atomic E-state index is -4.59. The van der Waals surface area contributed by atoms with Crippen molar-refractivity contribution in [1.82, 2.24) is 0 Å². The average Bonchev–Trinajstić information content (AvgIpc) is 2.73. The number of anilines is 1. The van der Waals surface area contributed by atoms with Crippen LogP contribution in [-0.2, 0) is 11.0 Å². The summed E-state index contributed by atoms with van der Waals surface area (Å²) in [6.07, 6.45) is -3.34. The van der Waals surface area contributed by atoms with Crippen LogP contribution in [0.1, 0.15) is 47.4 Å². The summed E-state index contributed by atoms with van der Waals surface area (Å²) in [6, 6.07) is 10.8. The molecular weight excluding hydrogens is 451 g/mol. The molecular formula is C25H21ClF3N3O. The van der Waals surface area contributed by atoms with E-state index in [0.29, 0.717) is 30.5 Å². The quantitative estimate of drug-likeness (QED) is 0.559. The zero-order chi connectivity index (χ0) is 24.1. The fourth-order valence-corrected chi connectivity index (χ4v) is 4.88. The largest absolute Gasteiger partial charge is 0.416 e. The fraction of sp³-hybridized carbons (Fsp3) is 0.280. The molecule has 1 atom stereocenters. The van der Waals surface area contributed by atoms with Gasteiger partial charge in [0.1, 0.15) is 5.82 Å². The van der Waals surface area contributed by atoms with Crippen LogP contribution in [0.5, 0.6) is 0 Å². The molecule has 0 spiro atoms. The van der Waals surface area contributed by atoms with E-state index in [9.17, 15) is 23.2 Å². The molecule has 2 aromatic rings. The van der Waals surface area contributed by atoms with Crippen LogP contribution < -0.4 is 10.6 Å². The van der Waals surface area contributed by atoms with Gasteiger partial charge in [0, 0.05) is 17.7 Å². The molecule has 4 nitrogen and oxygen atoms in total. The van der Waals surface area contributed by atoms with E-state index < -0.39 is 17.7 Å². The fourth-order valence-electron chi connectivity index (χ4n) is 4.68. The highest BCUT2D eigenvalue weighted by atomic mass is 35.5. The smallest absolute Gasteiger partial charge is 0.384 e. The summed E-state index contributed by atoms with van der Waals surface area (Å²) in [5.74, 6) is -0.842. The van der Waals surface area contributed by atoms with Crippen molar-refractivity contribution in [1.29, 1.82) is 5.26 Å². The van der Waals surface area contributed by atoms with Gasteiger partial charge in [0.25, 0.3) is 0 Å². The normalized spacial score (nSPS) is 19.0. The third-order valence-electron chi connectivity index (χ3n) is 6.16. The van der Waals surface area contributed by atoms with Gasteiger partial charge in [-0.15, -0.1) is 0 Å². The van der Waals surface area contributed by atoms with Crippen LogP contribution in [0.4, 0.5) is 18.9 Å². The molecule has 2 aliphatic rings. The van der Waals surface area contributed by atoms with E-state index in [4.69, 9.17) is 17.3 Å². The third kappa shape index (κ3) is 3.89. The van der Waals surface area contributed by atoms with Crippen molar-refractivity contribution in [3.8, 4) is 6.07 Å². The number of rotatable bonds is 2. The van der Waals surface area contributed by atoms with Crippen molar-refractivity contribution in [3.63, 3.8) is 0 Å². The van der Waals surface area contributed by atoms with Crippen molar-refractivity contribution in [3.05, 3.63) is 86.3 Å². The lowest BCUT2D eigenvalue weighted by Gasteiger charge is -2.40. The molecule has 2 aromatic carbocycles. The average molecular weight is 472 g/mol. The Labute approximate surface area is 194 Å². The molecule has 0 saturated heterocycles. The van der Waals surface area contributed by atoms with Gasteiger partial charge >= 0.3 is 6.18 Å². The molecule has 2 N–H and O–H groups in total. The first kappa shape index (κ1) is 22.9. The maximum Gasteiger partial charge on any atom is 0.416 e. The van der Waals surface area contributed by atoms with Gasteiger partial charge in [0.05, 0.1) is 33.8 Å². The molecule has 0 saturated carbocycles. The van der Waals surface area contributed by atoms with Gasteiger partial charge < -0.3 is 5.73 Å². The summed E-state index contributed by atoms with van der Waals surface area (Å²) >= 11 is 6.32. The number of alkyl halides is 3. The van der Waals surface area contributed by atoms with E-state index in [1.165, 1.54) is 4.90 Å².